The van der Waals surface area contributed by atoms with Crippen molar-refractivity contribution in [2.24, 2.45) is 0 Å². The van der Waals surface area contributed by atoms with E-state index in [1.807, 2.05) is 0 Å². The number of nitrogens with one attached hydrogen (secondary N) is 2. The van der Waals surface area contributed by atoms with E-state index in [4.69, 9.17) is 0 Å². The number of Topliss-reactive ketones (excluding diaryl/α,β-unsaturated/α-hetero) is 1. The second-order valence-corrected chi connectivity index (χ2v) is 7.33. The third kappa shape index (κ3) is 1.89. The Hall–Kier alpha value is -3.61. The highest BCUT2D eigenvalue weighted by atomic mass is 19.2. The Kier molecular flexibility index (Phi) is 2.85. The Bertz CT molecular complexity index is 1490. The Morgan fingerprint density at radius 3 is 1.69 bits per heavy atom. The van der Waals surface area contributed by atoms with Gasteiger partial charge in [0.2, 0.25) is 0 Å². The van der Waals surface area contributed by atoms with Crippen LogP contribution < -0.4 is 0 Å². The number of aromatic nitrogens is 2. The van der Waals surface area contributed by atoms with Gasteiger partial charge in [0.05, 0.1) is 11.0 Å². The molecule has 7 heteroatoms. The first-order valence-corrected chi connectivity index (χ1v) is 8.83. The smallest absolute Gasteiger partial charge is 0.168 e. The molecule has 5 aromatic rings. The topological polar surface area (TPSA) is 48.6 Å². The van der Waals surface area contributed by atoms with Crippen molar-refractivity contribution < 1.29 is 22.4 Å². The van der Waals surface area contributed by atoms with Crippen LogP contribution in [0.2, 0.25) is 0 Å². The van der Waals surface area contributed by atoms with Gasteiger partial charge in [0, 0.05) is 56.7 Å². The van der Waals surface area contributed by atoms with Crippen molar-refractivity contribution in [3.05, 3.63) is 65.2 Å². The number of fused-ring (bicyclic) bond motifs is 10. The Balaban J connectivity index is 1.97. The van der Waals surface area contributed by atoms with E-state index in [1.54, 1.807) is 0 Å². The van der Waals surface area contributed by atoms with Crippen molar-refractivity contribution in [2.75, 3.05) is 0 Å². The summed E-state index contributed by atoms with van der Waals surface area (Å²) in [6.45, 7) is 3.98. The fourth-order valence-corrected chi connectivity index (χ4v) is 4.53. The summed E-state index contributed by atoms with van der Waals surface area (Å²) in [4.78, 5) is 18.9. The fraction of sp³-hybridized carbons (Fsp3) is 0.0455. The second kappa shape index (κ2) is 5.05. The van der Waals surface area contributed by atoms with Gasteiger partial charge < -0.3 is 9.97 Å². The van der Waals surface area contributed by atoms with E-state index in [2.05, 4.69) is 16.5 Å². The summed E-state index contributed by atoms with van der Waals surface area (Å²) in [5.41, 5.74) is 3.00. The number of carbonyl (C=O) groups is 1. The zero-order valence-electron chi connectivity index (χ0n) is 14.6. The van der Waals surface area contributed by atoms with Gasteiger partial charge in [-0.1, -0.05) is 6.58 Å². The lowest BCUT2D eigenvalue weighted by molar-refractivity contribution is 0.101. The predicted octanol–water partition coefficient (Wildman–Crippen LogP) is 6.11. The molecule has 0 unspecified atom stereocenters. The fourth-order valence-electron chi connectivity index (χ4n) is 4.53. The van der Waals surface area contributed by atoms with Crippen LogP contribution in [-0.2, 0) is 0 Å². The first kappa shape index (κ1) is 16.4. The quantitative estimate of drug-likeness (QED) is 0.306. The van der Waals surface area contributed by atoms with Gasteiger partial charge in [0.25, 0.3) is 0 Å². The molecule has 0 bridgehead atoms. The lowest BCUT2D eigenvalue weighted by atomic mass is 9.96. The van der Waals surface area contributed by atoms with Gasteiger partial charge in [0.1, 0.15) is 0 Å². The lowest BCUT2D eigenvalue weighted by Crippen LogP contribution is -1.94. The lowest BCUT2D eigenvalue weighted by Gasteiger charge is -2.06. The van der Waals surface area contributed by atoms with Crippen LogP contribution in [0, 0.1) is 23.3 Å². The molecule has 0 saturated carbocycles. The Labute approximate surface area is 159 Å². The maximum Gasteiger partial charge on any atom is 0.168 e. The number of hydrogen-bond donors (Lipinski definition) is 2. The molecule has 1 aliphatic rings. The normalized spacial score (nSPS) is 14.2. The zero-order valence-corrected chi connectivity index (χ0v) is 14.6. The Morgan fingerprint density at radius 1 is 0.724 bits per heavy atom. The van der Waals surface area contributed by atoms with Gasteiger partial charge in [-0.05, 0) is 23.3 Å². The van der Waals surface area contributed by atoms with Crippen molar-refractivity contribution >= 4 is 55.0 Å². The molecule has 0 atom stereocenters. The van der Waals surface area contributed by atoms with Crippen molar-refractivity contribution in [1.29, 1.82) is 0 Å². The van der Waals surface area contributed by atoms with E-state index in [-0.39, 0.29) is 12.2 Å². The van der Waals surface area contributed by atoms with Crippen molar-refractivity contribution in [1.82, 2.24) is 9.97 Å². The molecule has 2 heterocycles. The molecule has 1 aliphatic carbocycles. The molecule has 0 fully saturated rings. The molecule has 0 aliphatic heterocycles. The summed E-state index contributed by atoms with van der Waals surface area (Å²) in [5, 5.41) is 1.74. The van der Waals surface area contributed by atoms with E-state index in [9.17, 15) is 22.4 Å². The van der Waals surface area contributed by atoms with Crippen LogP contribution in [0.1, 0.15) is 22.3 Å². The molecule has 0 radical (unpaired) electrons. The monoisotopic (exact) mass is 394 g/mol. The number of halogens is 4. The average molecular weight is 394 g/mol. The average Bonchev–Trinajstić information content (AvgIpc) is 3.28. The van der Waals surface area contributed by atoms with Gasteiger partial charge in [-0.15, -0.1) is 0 Å². The maximum absolute atomic E-state index is 14.0. The molecule has 2 aromatic heterocycles. The molecule has 3 aromatic carbocycles. The van der Waals surface area contributed by atoms with Gasteiger partial charge >= 0.3 is 0 Å². The molecule has 29 heavy (non-hydrogen) atoms. The summed E-state index contributed by atoms with van der Waals surface area (Å²) in [5.74, 6) is -4.28. The third-order valence-electron chi connectivity index (χ3n) is 5.69. The molecule has 0 amide bonds. The van der Waals surface area contributed by atoms with Gasteiger partial charge in [0.15, 0.2) is 29.1 Å². The van der Waals surface area contributed by atoms with Crippen molar-refractivity contribution in [3.63, 3.8) is 0 Å². The molecule has 142 valence electrons. The van der Waals surface area contributed by atoms with Gasteiger partial charge in [-0.25, -0.2) is 17.6 Å². The first-order chi connectivity index (χ1) is 13.8. The molecule has 2 N–H and O–H groups in total. The molecule has 0 spiro atoms. The SMILES string of the molecule is C=C1CC(=O)c2c1c1c3cc(F)c(F)cc3[nH]c1c1[nH]c3cc(F)c(F)cc3c21. The summed E-state index contributed by atoms with van der Waals surface area (Å²) >= 11 is 0. The summed E-state index contributed by atoms with van der Waals surface area (Å²) in [6.07, 6.45) is 0.0657. The van der Waals surface area contributed by atoms with Crippen molar-refractivity contribution in [2.45, 2.75) is 6.42 Å². The van der Waals surface area contributed by atoms with Crippen LogP contribution in [0.3, 0.4) is 0 Å². The number of allylic oxidation sites excluding steroid dienone is 1. The highest BCUT2D eigenvalue weighted by molar-refractivity contribution is 6.34. The molecule has 0 saturated heterocycles. The number of benzene rings is 3. The van der Waals surface area contributed by atoms with Crippen LogP contribution in [0.4, 0.5) is 17.6 Å². The summed E-state index contributed by atoms with van der Waals surface area (Å²) in [6, 6.07) is 4.20. The molecular formula is C22H10F4N2O. The highest BCUT2D eigenvalue weighted by Crippen LogP contribution is 2.47. The maximum atomic E-state index is 14.0. The number of ketones is 1. The van der Waals surface area contributed by atoms with E-state index < -0.39 is 23.3 Å². The predicted molar refractivity (Wildman–Crippen MR) is 103 cm³/mol. The summed E-state index contributed by atoms with van der Waals surface area (Å²) < 4.78 is 55.5. The third-order valence-corrected chi connectivity index (χ3v) is 5.69. The van der Waals surface area contributed by atoms with Crippen LogP contribution in [0.15, 0.2) is 30.8 Å². The van der Waals surface area contributed by atoms with Crippen molar-refractivity contribution in [3.8, 4) is 0 Å². The van der Waals surface area contributed by atoms with Gasteiger partial charge in [-0.3, -0.25) is 4.79 Å². The van der Waals surface area contributed by atoms with Gasteiger partial charge in [-0.2, -0.15) is 0 Å². The molecular weight excluding hydrogens is 384 g/mol. The van der Waals surface area contributed by atoms with E-state index >= 15 is 0 Å². The minimum absolute atomic E-state index is 0.0657. The van der Waals surface area contributed by atoms with Crippen LogP contribution >= 0.6 is 0 Å². The number of H-pyrrole nitrogens is 2. The molecule has 3 nitrogen and oxygen atoms in total. The van der Waals surface area contributed by atoms with E-state index in [1.165, 1.54) is 0 Å². The minimum atomic E-state index is -1.03. The van der Waals surface area contributed by atoms with Crippen LogP contribution in [-0.4, -0.2) is 15.8 Å². The first-order valence-electron chi connectivity index (χ1n) is 8.83. The second-order valence-electron chi connectivity index (χ2n) is 7.33. The van der Waals surface area contributed by atoms with E-state index in [0.29, 0.717) is 60.3 Å². The number of carbonyl (C=O) groups excluding carboxylic acids is 1. The zero-order chi connectivity index (χ0) is 20.2. The molecule has 6 rings (SSSR count). The Morgan fingerprint density at radius 2 is 1.17 bits per heavy atom. The highest BCUT2D eigenvalue weighted by Gasteiger charge is 2.32. The number of hydrogen-bond acceptors (Lipinski definition) is 1. The van der Waals surface area contributed by atoms with E-state index in [0.717, 1.165) is 24.3 Å². The standard InChI is InChI=1S/C22H10F4N2O/c1-7-2-16(29)20-17(7)18-8-3-10(23)12(25)5-14(8)27-21(18)22-19(20)9-4-11(24)13(26)6-15(9)28-22/h3-6,27-28H,1-2H2. The van der Waals surface area contributed by atoms with Crippen LogP contribution in [0.25, 0.3) is 49.2 Å². The van der Waals surface area contributed by atoms with Crippen LogP contribution in [0.5, 0.6) is 0 Å². The summed E-state index contributed by atoms with van der Waals surface area (Å²) in [7, 11) is 0. The number of rotatable bonds is 0. The number of aromatic amines is 2. The largest absolute Gasteiger partial charge is 0.353 e. The minimum Gasteiger partial charge on any atom is -0.353 e.